The molecule has 0 amide bonds. The second-order valence-electron chi connectivity index (χ2n) is 7.70. The van der Waals surface area contributed by atoms with E-state index in [2.05, 4.69) is 30.2 Å². The van der Waals surface area contributed by atoms with Crippen molar-refractivity contribution in [2.24, 2.45) is 5.92 Å². The second kappa shape index (κ2) is 22.3. The quantitative estimate of drug-likeness (QED) is 0.0973. The van der Waals surface area contributed by atoms with Crippen LogP contribution in [-0.2, 0) is 14.6 Å². The van der Waals surface area contributed by atoms with Gasteiger partial charge in [0.25, 0.3) is 0 Å². The Morgan fingerprint density at radius 1 is 0.786 bits per heavy atom. The molecule has 0 heterocycles. The molecule has 0 radical (unpaired) electrons. The predicted molar refractivity (Wildman–Crippen MR) is 113 cm³/mol. The largest absolute Gasteiger partial charge is 1.00 e. The zero-order chi connectivity index (χ0) is 20.2. The van der Waals surface area contributed by atoms with Crippen LogP contribution in [-0.4, -0.2) is 19.6 Å². The van der Waals surface area contributed by atoms with Crippen LogP contribution in [0.1, 0.15) is 117 Å². The molecule has 162 valence electrons. The van der Waals surface area contributed by atoms with Gasteiger partial charge >= 0.3 is 29.6 Å². The molecule has 28 heavy (non-hydrogen) atoms. The molecule has 0 saturated carbocycles. The van der Waals surface area contributed by atoms with E-state index < -0.39 is 10.4 Å². The number of hydrogen-bond acceptors (Lipinski definition) is 4. The first-order valence-electron chi connectivity index (χ1n) is 11.3. The van der Waals surface area contributed by atoms with Gasteiger partial charge in [-0.3, -0.25) is 4.18 Å². The van der Waals surface area contributed by atoms with E-state index in [0.717, 1.165) is 19.3 Å². The van der Waals surface area contributed by atoms with Crippen molar-refractivity contribution in [2.45, 2.75) is 117 Å². The number of allylic oxidation sites excluding steroid dienone is 1. The average Bonchev–Trinajstić information content (AvgIpc) is 2.62. The molecular formula is C22H43NaO4S. The van der Waals surface area contributed by atoms with Crippen LogP contribution >= 0.6 is 0 Å². The fourth-order valence-corrected chi connectivity index (χ4v) is 3.62. The smallest absolute Gasteiger partial charge is 0.726 e. The molecule has 0 aliphatic carbocycles. The molecule has 4 nitrogen and oxygen atoms in total. The van der Waals surface area contributed by atoms with Crippen molar-refractivity contribution in [1.82, 2.24) is 0 Å². The monoisotopic (exact) mass is 426 g/mol. The predicted octanol–water partition coefficient (Wildman–Crippen LogP) is 3.92. The van der Waals surface area contributed by atoms with Gasteiger partial charge in [0.05, 0.1) is 6.61 Å². The van der Waals surface area contributed by atoms with Gasteiger partial charge < -0.3 is 4.55 Å². The summed E-state index contributed by atoms with van der Waals surface area (Å²) < 4.78 is 36.7. The Labute approximate surface area is 197 Å². The third-order valence-electron chi connectivity index (χ3n) is 4.99. The van der Waals surface area contributed by atoms with Crippen molar-refractivity contribution >= 4 is 10.4 Å². The Morgan fingerprint density at radius 3 is 1.75 bits per heavy atom. The van der Waals surface area contributed by atoms with Crippen molar-refractivity contribution in [3.05, 3.63) is 12.2 Å². The minimum Gasteiger partial charge on any atom is -0.726 e. The number of unbranched alkanes of at least 4 members (excludes halogenated alkanes) is 13. The van der Waals surface area contributed by atoms with Crippen LogP contribution in [0.3, 0.4) is 0 Å². The fraction of sp³-hybridized carbons (Fsp3) is 0.909. The molecule has 0 N–H and O–H groups in total. The Hall–Kier alpha value is 0.610. The number of hydrogen-bond donors (Lipinski definition) is 0. The van der Waals surface area contributed by atoms with Crippen molar-refractivity contribution in [2.75, 3.05) is 6.61 Å². The molecule has 0 aliphatic rings. The van der Waals surface area contributed by atoms with Crippen LogP contribution in [0, 0.1) is 5.92 Å². The van der Waals surface area contributed by atoms with Crippen molar-refractivity contribution < 1.29 is 46.7 Å². The maximum atomic E-state index is 10.7. The summed E-state index contributed by atoms with van der Waals surface area (Å²) in [7, 11) is -4.60. The van der Waals surface area contributed by atoms with Crippen LogP contribution in [0.5, 0.6) is 0 Å². The van der Waals surface area contributed by atoms with E-state index in [1.807, 2.05) is 0 Å². The standard InChI is InChI=1S/C22H44O4S.Na/c1-3-5-7-9-11-12-14-16-18-20-22(21-26-27(23,24)25)19-17-15-13-10-8-6-4-2;/h17,19,22H,3-16,18,20-21H2,1-2H3,(H,23,24,25);/q;+1/p-1/b19-17+;. The van der Waals surface area contributed by atoms with E-state index in [9.17, 15) is 13.0 Å². The summed E-state index contributed by atoms with van der Waals surface area (Å²) in [4.78, 5) is 0. The summed E-state index contributed by atoms with van der Waals surface area (Å²) in [6.45, 7) is 4.43. The van der Waals surface area contributed by atoms with Gasteiger partial charge in [-0.15, -0.1) is 0 Å². The normalized spacial score (nSPS) is 13.0. The summed E-state index contributed by atoms with van der Waals surface area (Å²) in [5.41, 5.74) is 0. The van der Waals surface area contributed by atoms with E-state index in [1.165, 1.54) is 83.5 Å². The second-order valence-corrected chi connectivity index (χ2v) is 8.75. The Bertz CT molecular complexity index is 438. The van der Waals surface area contributed by atoms with E-state index in [0.29, 0.717) is 0 Å². The molecule has 0 rings (SSSR count). The van der Waals surface area contributed by atoms with Gasteiger partial charge in [-0.2, -0.15) is 0 Å². The van der Waals surface area contributed by atoms with Crippen LogP contribution in [0.25, 0.3) is 0 Å². The van der Waals surface area contributed by atoms with Crippen molar-refractivity contribution in [3.63, 3.8) is 0 Å². The number of rotatable bonds is 20. The zero-order valence-corrected chi connectivity index (χ0v) is 21.6. The molecule has 0 aliphatic heterocycles. The minimum atomic E-state index is -4.60. The van der Waals surface area contributed by atoms with Crippen LogP contribution in [0.4, 0.5) is 0 Å². The summed E-state index contributed by atoms with van der Waals surface area (Å²) in [6, 6.07) is 0. The fourth-order valence-electron chi connectivity index (χ4n) is 3.28. The van der Waals surface area contributed by atoms with Gasteiger partial charge in [-0.25, -0.2) is 8.42 Å². The zero-order valence-electron chi connectivity index (χ0n) is 18.8. The third kappa shape index (κ3) is 24.6. The van der Waals surface area contributed by atoms with Crippen LogP contribution in [0.2, 0.25) is 0 Å². The average molecular weight is 427 g/mol. The van der Waals surface area contributed by atoms with Gasteiger partial charge in [0.1, 0.15) is 0 Å². The summed E-state index contributed by atoms with van der Waals surface area (Å²) in [6.07, 6.45) is 23.7. The first kappa shape index (κ1) is 30.8. The van der Waals surface area contributed by atoms with Gasteiger partial charge in [-0.1, -0.05) is 109 Å². The van der Waals surface area contributed by atoms with Gasteiger partial charge in [-0.05, 0) is 19.3 Å². The molecule has 0 saturated heterocycles. The van der Waals surface area contributed by atoms with E-state index in [1.54, 1.807) is 0 Å². The molecule has 0 aromatic carbocycles. The Morgan fingerprint density at radius 2 is 1.25 bits per heavy atom. The molecule has 0 bridgehead atoms. The van der Waals surface area contributed by atoms with Crippen LogP contribution in [0.15, 0.2) is 12.2 Å². The SMILES string of the molecule is CCCCCCC/C=C/C(CCCCCCCCCCC)COS(=O)(=O)[O-].[Na+]. The molecule has 1 atom stereocenters. The Kier molecular flexibility index (Phi) is 24.5. The van der Waals surface area contributed by atoms with E-state index in [-0.39, 0.29) is 42.1 Å². The first-order valence-corrected chi connectivity index (χ1v) is 12.6. The van der Waals surface area contributed by atoms with Crippen molar-refractivity contribution in [3.8, 4) is 0 Å². The summed E-state index contributed by atoms with van der Waals surface area (Å²) >= 11 is 0. The van der Waals surface area contributed by atoms with Crippen molar-refractivity contribution in [1.29, 1.82) is 0 Å². The summed E-state index contributed by atoms with van der Waals surface area (Å²) in [5.74, 6) is 0.0221. The third-order valence-corrected chi connectivity index (χ3v) is 5.41. The summed E-state index contributed by atoms with van der Waals surface area (Å²) in [5, 5.41) is 0. The Balaban J connectivity index is 0. The van der Waals surface area contributed by atoms with E-state index >= 15 is 0 Å². The topological polar surface area (TPSA) is 66.4 Å². The van der Waals surface area contributed by atoms with E-state index in [4.69, 9.17) is 0 Å². The van der Waals surface area contributed by atoms with Gasteiger partial charge in [0.2, 0.25) is 10.4 Å². The van der Waals surface area contributed by atoms with Gasteiger partial charge in [0.15, 0.2) is 0 Å². The molecule has 0 fully saturated rings. The molecule has 0 spiro atoms. The first-order chi connectivity index (χ1) is 13.0. The molecule has 0 aromatic rings. The molecule has 6 heteroatoms. The molecule has 0 aromatic heterocycles. The van der Waals surface area contributed by atoms with Gasteiger partial charge in [0, 0.05) is 5.92 Å². The maximum Gasteiger partial charge on any atom is 1.00 e. The minimum absolute atomic E-state index is 0. The molecule has 1 unspecified atom stereocenters. The van der Waals surface area contributed by atoms with Crippen LogP contribution < -0.4 is 29.6 Å². The maximum absolute atomic E-state index is 10.7. The molecular weight excluding hydrogens is 383 g/mol.